The Labute approximate surface area is 114 Å². The van der Waals surface area contributed by atoms with Crippen LogP contribution < -0.4 is 5.32 Å². The molecule has 1 aromatic rings. The second kappa shape index (κ2) is 7.56. The van der Waals surface area contributed by atoms with Gasteiger partial charge in [-0.25, -0.2) is 8.78 Å². The Hall–Kier alpha value is -1.00. The Balaban J connectivity index is 2.66. The van der Waals surface area contributed by atoms with Gasteiger partial charge in [0.15, 0.2) is 0 Å². The van der Waals surface area contributed by atoms with Gasteiger partial charge in [0.1, 0.15) is 11.6 Å². The van der Waals surface area contributed by atoms with Crippen LogP contribution in [0.3, 0.4) is 0 Å². The molecule has 0 aliphatic rings. The molecule has 2 nitrogen and oxygen atoms in total. The van der Waals surface area contributed by atoms with Crippen molar-refractivity contribution >= 4 is 0 Å². The maximum absolute atomic E-state index is 13.7. The Kier molecular flexibility index (Phi) is 6.38. The van der Waals surface area contributed by atoms with Crippen molar-refractivity contribution in [2.45, 2.75) is 39.8 Å². The molecule has 0 aliphatic heterocycles. The fraction of sp³-hybridized carbons (Fsp3) is 0.600. The number of nitrogens with one attached hydrogen (secondary N) is 1. The van der Waals surface area contributed by atoms with E-state index >= 15 is 0 Å². The summed E-state index contributed by atoms with van der Waals surface area (Å²) < 4.78 is 27.3. The van der Waals surface area contributed by atoms with Gasteiger partial charge >= 0.3 is 0 Å². The molecule has 0 spiro atoms. The minimum Gasteiger partial charge on any atom is -0.306 e. The molecule has 0 fully saturated rings. The molecule has 1 aromatic carbocycles. The van der Waals surface area contributed by atoms with Crippen LogP contribution in [0, 0.1) is 11.6 Å². The maximum atomic E-state index is 13.7. The zero-order valence-electron chi connectivity index (χ0n) is 12.2. The van der Waals surface area contributed by atoms with E-state index in [2.05, 4.69) is 24.1 Å². The monoisotopic (exact) mass is 270 g/mol. The largest absolute Gasteiger partial charge is 0.306 e. The van der Waals surface area contributed by atoms with Gasteiger partial charge in [0.05, 0.1) is 0 Å². The summed E-state index contributed by atoms with van der Waals surface area (Å²) in [6.07, 6.45) is 0. The van der Waals surface area contributed by atoms with Gasteiger partial charge in [0.2, 0.25) is 0 Å². The van der Waals surface area contributed by atoms with E-state index in [1.165, 1.54) is 18.2 Å². The second-order valence-electron chi connectivity index (χ2n) is 4.91. The highest BCUT2D eigenvalue weighted by Gasteiger charge is 2.18. The lowest BCUT2D eigenvalue weighted by molar-refractivity contribution is 0.262. The van der Waals surface area contributed by atoms with Gasteiger partial charge in [0, 0.05) is 24.2 Å². The summed E-state index contributed by atoms with van der Waals surface area (Å²) in [6.45, 7) is 10.9. The summed E-state index contributed by atoms with van der Waals surface area (Å²) >= 11 is 0. The van der Waals surface area contributed by atoms with Gasteiger partial charge in [-0.1, -0.05) is 19.9 Å². The van der Waals surface area contributed by atoms with Gasteiger partial charge in [-0.05, 0) is 39.1 Å². The minimum atomic E-state index is -0.491. The summed E-state index contributed by atoms with van der Waals surface area (Å²) in [6, 6.07) is 3.82. The average molecular weight is 270 g/mol. The Morgan fingerprint density at radius 3 is 2.11 bits per heavy atom. The molecule has 0 heterocycles. The van der Waals surface area contributed by atoms with Crippen LogP contribution in [0.2, 0.25) is 0 Å². The first-order valence-corrected chi connectivity index (χ1v) is 6.91. The average Bonchev–Trinajstić information content (AvgIpc) is 2.35. The smallest absolute Gasteiger partial charge is 0.130 e. The molecule has 2 unspecified atom stereocenters. The second-order valence-corrected chi connectivity index (χ2v) is 4.91. The molecule has 0 bridgehead atoms. The molecule has 4 heteroatoms. The highest BCUT2D eigenvalue weighted by Crippen LogP contribution is 2.20. The molecule has 2 atom stereocenters. The van der Waals surface area contributed by atoms with Gasteiger partial charge < -0.3 is 10.2 Å². The van der Waals surface area contributed by atoms with Crippen molar-refractivity contribution in [1.29, 1.82) is 0 Å². The van der Waals surface area contributed by atoms with Crippen LogP contribution in [0.15, 0.2) is 18.2 Å². The molecule has 108 valence electrons. The molecule has 19 heavy (non-hydrogen) atoms. The quantitative estimate of drug-likeness (QED) is 0.817. The highest BCUT2D eigenvalue weighted by molar-refractivity contribution is 5.22. The van der Waals surface area contributed by atoms with Crippen molar-refractivity contribution in [1.82, 2.24) is 10.2 Å². The fourth-order valence-electron chi connectivity index (χ4n) is 2.36. The molecule has 0 saturated heterocycles. The van der Waals surface area contributed by atoms with E-state index in [1.54, 1.807) is 6.92 Å². The van der Waals surface area contributed by atoms with Gasteiger partial charge in [0.25, 0.3) is 0 Å². The van der Waals surface area contributed by atoms with E-state index in [4.69, 9.17) is 0 Å². The first-order valence-electron chi connectivity index (χ1n) is 6.91. The van der Waals surface area contributed by atoms with Crippen molar-refractivity contribution in [2.24, 2.45) is 0 Å². The number of hydrogen-bond donors (Lipinski definition) is 1. The predicted molar refractivity (Wildman–Crippen MR) is 75.2 cm³/mol. The summed E-state index contributed by atoms with van der Waals surface area (Å²) in [7, 11) is 0. The molecule has 0 saturated carbocycles. The van der Waals surface area contributed by atoms with Gasteiger partial charge in [-0.3, -0.25) is 0 Å². The third-order valence-corrected chi connectivity index (χ3v) is 3.39. The molecule has 1 rings (SSSR count). The van der Waals surface area contributed by atoms with Crippen molar-refractivity contribution in [3.8, 4) is 0 Å². The number of nitrogens with zero attached hydrogens (tertiary/aromatic N) is 1. The van der Waals surface area contributed by atoms with E-state index in [9.17, 15) is 8.78 Å². The van der Waals surface area contributed by atoms with Crippen molar-refractivity contribution in [3.05, 3.63) is 35.4 Å². The Bertz CT molecular complexity index is 371. The van der Waals surface area contributed by atoms with Gasteiger partial charge in [-0.15, -0.1) is 0 Å². The van der Waals surface area contributed by atoms with E-state index in [0.29, 0.717) is 0 Å². The lowest BCUT2D eigenvalue weighted by Crippen LogP contribution is -2.40. The summed E-state index contributed by atoms with van der Waals surface area (Å²) in [4.78, 5) is 2.28. The number of rotatable bonds is 7. The molecule has 0 amide bonds. The lowest BCUT2D eigenvalue weighted by atomic mass is 10.1. The number of hydrogen-bond acceptors (Lipinski definition) is 2. The van der Waals surface area contributed by atoms with E-state index in [-0.39, 0.29) is 17.6 Å². The third kappa shape index (κ3) is 4.55. The zero-order valence-corrected chi connectivity index (χ0v) is 12.2. The molecule has 0 radical (unpaired) electrons. The van der Waals surface area contributed by atoms with Crippen LogP contribution in [0.1, 0.15) is 39.3 Å². The van der Waals surface area contributed by atoms with E-state index in [0.717, 1.165) is 19.6 Å². The first kappa shape index (κ1) is 16.1. The van der Waals surface area contributed by atoms with E-state index < -0.39 is 11.6 Å². The van der Waals surface area contributed by atoms with Crippen molar-refractivity contribution in [2.75, 3.05) is 19.6 Å². The minimum absolute atomic E-state index is 0.119. The number of halogens is 2. The Morgan fingerprint density at radius 1 is 1.11 bits per heavy atom. The predicted octanol–water partition coefficient (Wildman–Crippen LogP) is 3.35. The summed E-state index contributed by atoms with van der Waals surface area (Å²) in [5.74, 6) is -0.981. The topological polar surface area (TPSA) is 15.3 Å². The zero-order chi connectivity index (χ0) is 14.4. The van der Waals surface area contributed by atoms with Crippen LogP contribution in [-0.2, 0) is 0 Å². The van der Waals surface area contributed by atoms with Gasteiger partial charge in [-0.2, -0.15) is 0 Å². The fourth-order valence-corrected chi connectivity index (χ4v) is 2.36. The van der Waals surface area contributed by atoms with Crippen molar-refractivity contribution in [3.63, 3.8) is 0 Å². The normalized spacial score (nSPS) is 14.7. The highest BCUT2D eigenvalue weighted by atomic mass is 19.1. The van der Waals surface area contributed by atoms with E-state index in [1.807, 2.05) is 6.92 Å². The maximum Gasteiger partial charge on any atom is 0.130 e. The molecule has 0 aliphatic carbocycles. The molecule has 1 N–H and O–H groups in total. The molecular weight excluding hydrogens is 246 g/mol. The van der Waals surface area contributed by atoms with Crippen LogP contribution in [-0.4, -0.2) is 30.6 Å². The first-order chi connectivity index (χ1) is 8.99. The summed E-state index contributed by atoms with van der Waals surface area (Å²) in [5.41, 5.74) is 0.119. The van der Waals surface area contributed by atoms with Crippen LogP contribution >= 0.6 is 0 Å². The van der Waals surface area contributed by atoms with Crippen molar-refractivity contribution < 1.29 is 8.78 Å². The molecule has 0 aromatic heterocycles. The lowest BCUT2D eigenvalue weighted by Gasteiger charge is -2.26. The number of benzene rings is 1. The van der Waals surface area contributed by atoms with Crippen LogP contribution in [0.5, 0.6) is 0 Å². The third-order valence-electron chi connectivity index (χ3n) is 3.39. The molecular formula is C15H24F2N2. The summed E-state index contributed by atoms with van der Waals surface area (Å²) in [5, 5.41) is 3.26. The number of likely N-dealkylation sites (N-methyl/N-ethyl adjacent to an activating group) is 1. The standard InChI is InChI=1S/C15H24F2N2/c1-5-19(6-2)10-11(3)18-12(4)15-13(16)8-7-9-14(15)17/h7-9,11-12,18H,5-6,10H2,1-4H3. The SMILES string of the molecule is CCN(CC)CC(C)NC(C)c1c(F)cccc1F. The van der Waals surface area contributed by atoms with Crippen LogP contribution in [0.25, 0.3) is 0 Å². The Morgan fingerprint density at radius 2 is 1.63 bits per heavy atom. The van der Waals surface area contributed by atoms with Crippen LogP contribution in [0.4, 0.5) is 8.78 Å².